The molecule has 5 nitrogen and oxygen atoms in total. The zero-order valence-electron chi connectivity index (χ0n) is 14.5. The molecule has 0 bridgehead atoms. The Bertz CT molecular complexity index is 751. The van der Waals surface area contributed by atoms with Gasteiger partial charge in [-0.25, -0.2) is 0 Å². The van der Waals surface area contributed by atoms with E-state index in [1.165, 1.54) is 0 Å². The van der Waals surface area contributed by atoms with Gasteiger partial charge in [0, 0.05) is 12.1 Å². The summed E-state index contributed by atoms with van der Waals surface area (Å²) in [4.78, 5) is 14.3. The van der Waals surface area contributed by atoms with Gasteiger partial charge in [0.05, 0.1) is 27.1 Å². The maximum atomic E-state index is 12.4. The van der Waals surface area contributed by atoms with Crippen LogP contribution in [0.4, 0.5) is 0 Å². The van der Waals surface area contributed by atoms with Crippen LogP contribution < -0.4 is 14.2 Å². The van der Waals surface area contributed by atoms with Gasteiger partial charge in [-0.15, -0.1) is 11.8 Å². The fraction of sp³-hybridized carbons (Fsp3) is 0.316. The molecule has 2 aromatic rings. The molecule has 1 saturated heterocycles. The van der Waals surface area contributed by atoms with E-state index in [1.54, 1.807) is 33.1 Å². The lowest BCUT2D eigenvalue weighted by atomic mass is 10.1. The number of carbonyl (C=O) groups is 1. The second kappa shape index (κ2) is 7.70. The summed E-state index contributed by atoms with van der Waals surface area (Å²) in [6.45, 7) is 0.564. The lowest BCUT2D eigenvalue weighted by Gasteiger charge is -2.26. The van der Waals surface area contributed by atoms with Gasteiger partial charge in [0.2, 0.25) is 11.7 Å². The van der Waals surface area contributed by atoms with Crippen molar-refractivity contribution < 1.29 is 19.0 Å². The average molecular weight is 359 g/mol. The summed E-state index contributed by atoms with van der Waals surface area (Å²) in [6.07, 6.45) is 0. The molecule has 0 N–H and O–H groups in total. The van der Waals surface area contributed by atoms with E-state index in [1.807, 2.05) is 47.4 Å². The number of carbonyl (C=O) groups excluding carboxylic acids is 1. The largest absolute Gasteiger partial charge is 0.493 e. The van der Waals surface area contributed by atoms with Gasteiger partial charge in [-0.3, -0.25) is 4.79 Å². The van der Waals surface area contributed by atoms with Crippen molar-refractivity contribution in [1.29, 1.82) is 0 Å². The Labute approximate surface area is 151 Å². The quantitative estimate of drug-likeness (QED) is 0.790. The molecule has 6 heteroatoms. The number of rotatable bonds is 6. The zero-order valence-corrected chi connectivity index (χ0v) is 15.3. The molecule has 2 aromatic carbocycles. The Morgan fingerprint density at radius 1 is 1.00 bits per heavy atom. The number of methoxy groups -OCH3 is 3. The lowest BCUT2D eigenvalue weighted by Crippen LogP contribution is -2.27. The van der Waals surface area contributed by atoms with E-state index in [0.717, 1.165) is 11.1 Å². The Balaban J connectivity index is 1.98. The molecule has 3 rings (SSSR count). The van der Waals surface area contributed by atoms with Crippen LogP contribution in [-0.4, -0.2) is 37.9 Å². The number of benzene rings is 2. The van der Waals surface area contributed by atoms with E-state index >= 15 is 0 Å². The second-order valence-corrected chi connectivity index (χ2v) is 6.66. The predicted octanol–water partition coefficient (Wildman–Crippen LogP) is 3.49. The first-order chi connectivity index (χ1) is 12.2. The first kappa shape index (κ1) is 17.5. The van der Waals surface area contributed by atoms with E-state index in [-0.39, 0.29) is 11.3 Å². The molecule has 1 fully saturated rings. The van der Waals surface area contributed by atoms with Gasteiger partial charge in [0.1, 0.15) is 5.37 Å². The normalized spacial score (nSPS) is 16.8. The van der Waals surface area contributed by atoms with Crippen molar-refractivity contribution in [2.24, 2.45) is 0 Å². The maximum absolute atomic E-state index is 12.4. The minimum absolute atomic E-state index is 0.121. The van der Waals surface area contributed by atoms with Crippen LogP contribution in [0.25, 0.3) is 0 Å². The monoisotopic (exact) mass is 359 g/mol. The summed E-state index contributed by atoms with van der Waals surface area (Å²) in [7, 11) is 4.77. The Morgan fingerprint density at radius 2 is 1.72 bits per heavy atom. The second-order valence-electron chi connectivity index (χ2n) is 5.59. The highest BCUT2D eigenvalue weighted by Crippen LogP contribution is 2.49. The third-order valence-corrected chi connectivity index (χ3v) is 5.40. The molecule has 1 amide bonds. The molecule has 132 valence electrons. The Morgan fingerprint density at radius 3 is 2.36 bits per heavy atom. The third kappa shape index (κ3) is 3.39. The number of amides is 1. The third-order valence-electron chi connectivity index (χ3n) is 4.16. The standard InChI is InChI=1S/C19H21NO4S/c1-22-15-10-9-14(17(23-2)18(15)24-3)19-20(16(21)12-25-19)11-13-7-5-4-6-8-13/h4-10,19H,11-12H2,1-3H3. The molecule has 0 aromatic heterocycles. The average Bonchev–Trinajstić information content (AvgIpc) is 3.01. The summed E-state index contributed by atoms with van der Waals surface area (Å²) in [6, 6.07) is 13.8. The van der Waals surface area contributed by atoms with Crippen LogP contribution in [0.1, 0.15) is 16.5 Å². The highest BCUT2D eigenvalue weighted by Gasteiger charge is 2.35. The molecule has 0 aliphatic carbocycles. The van der Waals surface area contributed by atoms with Crippen LogP contribution in [0.5, 0.6) is 17.2 Å². The van der Waals surface area contributed by atoms with Crippen molar-refractivity contribution in [2.75, 3.05) is 27.1 Å². The van der Waals surface area contributed by atoms with Gasteiger partial charge >= 0.3 is 0 Å². The van der Waals surface area contributed by atoms with Crippen molar-refractivity contribution in [3.8, 4) is 17.2 Å². The summed E-state index contributed by atoms with van der Waals surface area (Å²) in [5.74, 6) is 2.33. The van der Waals surface area contributed by atoms with Crippen molar-refractivity contribution >= 4 is 17.7 Å². The van der Waals surface area contributed by atoms with E-state index in [2.05, 4.69) is 0 Å². The van der Waals surface area contributed by atoms with E-state index < -0.39 is 0 Å². The SMILES string of the molecule is COc1ccc(C2SCC(=O)N2Cc2ccccc2)c(OC)c1OC. The van der Waals surface area contributed by atoms with Crippen LogP contribution in [0.3, 0.4) is 0 Å². The predicted molar refractivity (Wildman–Crippen MR) is 98.3 cm³/mol. The fourth-order valence-electron chi connectivity index (χ4n) is 2.98. The van der Waals surface area contributed by atoms with Gasteiger partial charge in [0.15, 0.2) is 11.5 Å². The molecule has 1 atom stereocenters. The summed E-state index contributed by atoms with van der Waals surface area (Å²) in [5, 5.41) is -0.123. The van der Waals surface area contributed by atoms with Crippen molar-refractivity contribution in [3.63, 3.8) is 0 Å². The van der Waals surface area contributed by atoms with Crippen molar-refractivity contribution in [1.82, 2.24) is 4.90 Å². The first-order valence-corrected chi connectivity index (χ1v) is 8.98. The fourth-order valence-corrected chi connectivity index (χ4v) is 4.19. The van der Waals surface area contributed by atoms with Gasteiger partial charge < -0.3 is 19.1 Å². The zero-order chi connectivity index (χ0) is 17.8. The number of nitrogens with zero attached hydrogens (tertiary/aromatic N) is 1. The molecule has 25 heavy (non-hydrogen) atoms. The highest BCUT2D eigenvalue weighted by molar-refractivity contribution is 8.00. The molecule has 1 heterocycles. The van der Waals surface area contributed by atoms with Gasteiger partial charge in [-0.2, -0.15) is 0 Å². The van der Waals surface area contributed by atoms with Crippen molar-refractivity contribution in [3.05, 3.63) is 53.6 Å². The van der Waals surface area contributed by atoms with Gasteiger partial charge in [-0.05, 0) is 17.7 Å². The minimum Gasteiger partial charge on any atom is -0.493 e. The Kier molecular flexibility index (Phi) is 5.38. The number of ether oxygens (including phenoxy) is 3. The van der Waals surface area contributed by atoms with Crippen molar-refractivity contribution in [2.45, 2.75) is 11.9 Å². The summed E-state index contributed by atoms with van der Waals surface area (Å²) < 4.78 is 16.4. The molecular formula is C19H21NO4S. The van der Waals surface area contributed by atoms with E-state index in [4.69, 9.17) is 14.2 Å². The lowest BCUT2D eigenvalue weighted by molar-refractivity contribution is -0.128. The number of hydrogen-bond acceptors (Lipinski definition) is 5. The van der Waals surface area contributed by atoms with Crippen LogP contribution >= 0.6 is 11.8 Å². The number of hydrogen-bond donors (Lipinski definition) is 0. The summed E-state index contributed by atoms with van der Waals surface area (Å²) in [5.41, 5.74) is 2.01. The van der Waals surface area contributed by atoms with Crippen LogP contribution in [0.15, 0.2) is 42.5 Å². The van der Waals surface area contributed by atoms with Crippen LogP contribution in [-0.2, 0) is 11.3 Å². The molecule has 0 radical (unpaired) electrons. The molecule has 0 spiro atoms. The summed E-state index contributed by atoms with van der Waals surface area (Å²) >= 11 is 1.59. The maximum Gasteiger partial charge on any atom is 0.234 e. The van der Waals surface area contributed by atoms with Gasteiger partial charge in [-0.1, -0.05) is 30.3 Å². The highest BCUT2D eigenvalue weighted by atomic mass is 32.2. The molecule has 1 aliphatic rings. The smallest absolute Gasteiger partial charge is 0.234 e. The van der Waals surface area contributed by atoms with Crippen LogP contribution in [0.2, 0.25) is 0 Å². The molecular weight excluding hydrogens is 338 g/mol. The molecule has 0 saturated carbocycles. The molecule has 1 aliphatic heterocycles. The van der Waals surface area contributed by atoms with E-state index in [9.17, 15) is 4.79 Å². The molecule has 1 unspecified atom stereocenters. The van der Waals surface area contributed by atoms with Gasteiger partial charge in [0.25, 0.3) is 0 Å². The Hall–Kier alpha value is -2.34. The number of thioether (sulfide) groups is 1. The minimum atomic E-state index is -0.123. The first-order valence-electron chi connectivity index (χ1n) is 7.93. The van der Waals surface area contributed by atoms with E-state index in [0.29, 0.717) is 29.5 Å². The topological polar surface area (TPSA) is 48.0 Å². The van der Waals surface area contributed by atoms with Crippen LogP contribution in [0, 0.1) is 0 Å².